The molecule has 0 bridgehead atoms. The van der Waals surface area contributed by atoms with E-state index in [0.717, 1.165) is 20.4 Å². The van der Waals surface area contributed by atoms with Crippen molar-refractivity contribution in [3.8, 4) is 0 Å². The molecule has 0 N–H and O–H groups in total. The Kier molecular flexibility index (Phi) is 3.50. The molecule has 0 aromatic heterocycles. The third-order valence-corrected chi connectivity index (χ3v) is 4.30. The van der Waals surface area contributed by atoms with Gasteiger partial charge in [0.2, 0.25) is 5.91 Å². The molecule has 0 atom stereocenters. The molecule has 1 amide bonds. The van der Waals surface area contributed by atoms with Crippen molar-refractivity contribution < 1.29 is 4.79 Å². The van der Waals surface area contributed by atoms with Crippen LogP contribution in [0.1, 0.15) is 11.1 Å². The maximum absolute atomic E-state index is 12.1. The SMILES string of the molecule is O=C1Cc2cc(I)ccc2N1Cc1ccccc1Cl. The van der Waals surface area contributed by atoms with E-state index in [4.69, 9.17) is 11.6 Å². The average molecular weight is 384 g/mol. The van der Waals surface area contributed by atoms with Gasteiger partial charge in [0, 0.05) is 14.3 Å². The Morgan fingerprint density at radius 1 is 1.21 bits per heavy atom. The zero-order chi connectivity index (χ0) is 13.4. The normalized spacial score (nSPS) is 13.8. The fourth-order valence-electron chi connectivity index (χ4n) is 2.32. The van der Waals surface area contributed by atoms with Crippen molar-refractivity contribution in [2.45, 2.75) is 13.0 Å². The molecule has 0 saturated carbocycles. The molecule has 1 heterocycles. The molecule has 4 heteroatoms. The lowest BCUT2D eigenvalue weighted by atomic mass is 10.1. The Morgan fingerprint density at radius 3 is 2.79 bits per heavy atom. The highest BCUT2D eigenvalue weighted by molar-refractivity contribution is 14.1. The topological polar surface area (TPSA) is 20.3 Å². The van der Waals surface area contributed by atoms with Gasteiger partial charge in [-0.25, -0.2) is 0 Å². The van der Waals surface area contributed by atoms with E-state index in [1.165, 1.54) is 0 Å². The average Bonchev–Trinajstić information content (AvgIpc) is 2.68. The third-order valence-electron chi connectivity index (χ3n) is 3.26. The second kappa shape index (κ2) is 5.13. The summed E-state index contributed by atoms with van der Waals surface area (Å²) in [5, 5.41) is 0.703. The highest BCUT2D eigenvalue weighted by Gasteiger charge is 2.27. The van der Waals surface area contributed by atoms with Crippen molar-refractivity contribution >= 4 is 45.8 Å². The smallest absolute Gasteiger partial charge is 0.231 e. The summed E-state index contributed by atoms with van der Waals surface area (Å²) in [4.78, 5) is 14.0. The van der Waals surface area contributed by atoms with E-state index in [2.05, 4.69) is 28.7 Å². The summed E-state index contributed by atoms with van der Waals surface area (Å²) >= 11 is 8.43. The highest BCUT2D eigenvalue weighted by Crippen LogP contribution is 2.32. The van der Waals surface area contributed by atoms with Crippen molar-refractivity contribution in [2.75, 3.05) is 4.90 Å². The van der Waals surface area contributed by atoms with Crippen molar-refractivity contribution in [3.05, 3.63) is 62.2 Å². The molecular formula is C15H11ClINO. The summed E-state index contributed by atoms with van der Waals surface area (Å²) in [6.07, 6.45) is 0.483. The van der Waals surface area contributed by atoms with Crippen molar-refractivity contribution in [3.63, 3.8) is 0 Å². The predicted octanol–water partition coefficient (Wildman–Crippen LogP) is 4.03. The monoisotopic (exact) mass is 383 g/mol. The van der Waals surface area contributed by atoms with Gasteiger partial charge < -0.3 is 4.90 Å². The molecule has 2 aromatic carbocycles. The molecule has 19 heavy (non-hydrogen) atoms. The zero-order valence-corrected chi connectivity index (χ0v) is 13.0. The molecular weight excluding hydrogens is 373 g/mol. The molecule has 1 aliphatic rings. The number of halogens is 2. The van der Waals surface area contributed by atoms with Gasteiger partial charge in [-0.15, -0.1) is 0 Å². The van der Waals surface area contributed by atoms with Gasteiger partial charge in [0.25, 0.3) is 0 Å². The molecule has 96 valence electrons. The Balaban J connectivity index is 1.95. The van der Waals surface area contributed by atoms with Crippen molar-refractivity contribution in [2.24, 2.45) is 0 Å². The first kappa shape index (κ1) is 12.9. The van der Waals surface area contributed by atoms with Crippen LogP contribution in [0.5, 0.6) is 0 Å². The number of benzene rings is 2. The number of rotatable bonds is 2. The number of amides is 1. The summed E-state index contributed by atoms with van der Waals surface area (Å²) in [5.74, 6) is 0.136. The van der Waals surface area contributed by atoms with Gasteiger partial charge in [-0.05, 0) is 58.0 Å². The second-order valence-electron chi connectivity index (χ2n) is 4.52. The van der Waals surface area contributed by atoms with Gasteiger partial charge in [-0.3, -0.25) is 4.79 Å². The Labute approximate surface area is 130 Å². The maximum Gasteiger partial charge on any atom is 0.231 e. The molecule has 2 nitrogen and oxygen atoms in total. The number of hydrogen-bond acceptors (Lipinski definition) is 1. The van der Waals surface area contributed by atoms with Crippen LogP contribution in [-0.4, -0.2) is 5.91 Å². The molecule has 2 aromatic rings. The van der Waals surface area contributed by atoms with Gasteiger partial charge in [0.05, 0.1) is 13.0 Å². The Hall–Kier alpha value is -1.07. The molecule has 0 radical (unpaired) electrons. The fraction of sp³-hybridized carbons (Fsp3) is 0.133. The molecule has 0 aliphatic carbocycles. The lowest BCUT2D eigenvalue weighted by Gasteiger charge is -2.18. The first-order valence-electron chi connectivity index (χ1n) is 5.97. The van der Waals surface area contributed by atoms with E-state index in [1.807, 2.05) is 41.3 Å². The highest BCUT2D eigenvalue weighted by atomic mass is 127. The molecule has 0 spiro atoms. The summed E-state index contributed by atoms with van der Waals surface area (Å²) in [5.41, 5.74) is 3.08. The standard InChI is InChI=1S/C15H11ClINO/c16-13-4-2-1-3-10(13)9-18-14-6-5-12(17)7-11(14)8-15(18)19/h1-7H,8-9H2. The van der Waals surface area contributed by atoms with Crippen LogP contribution >= 0.6 is 34.2 Å². The predicted molar refractivity (Wildman–Crippen MR) is 85.5 cm³/mol. The van der Waals surface area contributed by atoms with E-state index in [-0.39, 0.29) is 5.91 Å². The van der Waals surface area contributed by atoms with Crippen LogP contribution < -0.4 is 4.90 Å². The zero-order valence-electron chi connectivity index (χ0n) is 10.1. The number of carbonyl (C=O) groups is 1. The van der Waals surface area contributed by atoms with Crippen LogP contribution in [-0.2, 0) is 17.8 Å². The van der Waals surface area contributed by atoms with Crippen LogP contribution in [0.15, 0.2) is 42.5 Å². The van der Waals surface area contributed by atoms with E-state index < -0.39 is 0 Å². The lowest BCUT2D eigenvalue weighted by molar-refractivity contribution is -0.117. The Bertz CT molecular complexity index is 656. The molecule has 1 aliphatic heterocycles. The van der Waals surface area contributed by atoms with Crippen molar-refractivity contribution in [1.29, 1.82) is 0 Å². The molecule has 0 saturated heterocycles. The summed E-state index contributed by atoms with van der Waals surface area (Å²) < 4.78 is 1.16. The van der Waals surface area contributed by atoms with Crippen LogP contribution in [0.3, 0.4) is 0 Å². The maximum atomic E-state index is 12.1. The van der Waals surface area contributed by atoms with Crippen LogP contribution in [0.25, 0.3) is 0 Å². The summed E-state index contributed by atoms with van der Waals surface area (Å²) in [6.45, 7) is 0.534. The van der Waals surface area contributed by atoms with Crippen molar-refractivity contribution in [1.82, 2.24) is 0 Å². The second-order valence-corrected chi connectivity index (χ2v) is 6.17. The van der Waals surface area contributed by atoms with Crippen LogP contribution in [0.4, 0.5) is 5.69 Å². The molecule has 0 fully saturated rings. The molecule has 3 rings (SSSR count). The van der Waals surface area contributed by atoms with E-state index >= 15 is 0 Å². The summed E-state index contributed by atoms with van der Waals surface area (Å²) in [7, 11) is 0. The van der Waals surface area contributed by atoms with Gasteiger partial charge in [0.1, 0.15) is 0 Å². The van der Waals surface area contributed by atoms with Gasteiger partial charge in [0.15, 0.2) is 0 Å². The minimum Gasteiger partial charge on any atom is -0.307 e. The number of anilines is 1. The van der Waals surface area contributed by atoms with E-state index in [9.17, 15) is 4.79 Å². The minimum atomic E-state index is 0.136. The fourth-order valence-corrected chi connectivity index (χ4v) is 3.07. The van der Waals surface area contributed by atoms with E-state index in [1.54, 1.807) is 0 Å². The number of nitrogens with zero attached hydrogens (tertiary/aromatic N) is 1. The summed E-state index contributed by atoms with van der Waals surface area (Å²) in [6, 6.07) is 13.8. The Morgan fingerprint density at radius 2 is 2.00 bits per heavy atom. The minimum absolute atomic E-state index is 0.136. The van der Waals surface area contributed by atoms with Crippen LogP contribution in [0.2, 0.25) is 5.02 Å². The number of carbonyl (C=O) groups excluding carboxylic acids is 1. The first-order chi connectivity index (χ1) is 9.15. The van der Waals surface area contributed by atoms with Crippen LogP contribution in [0, 0.1) is 3.57 Å². The van der Waals surface area contributed by atoms with Gasteiger partial charge in [-0.1, -0.05) is 29.8 Å². The largest absolute Gasteiger partial charge is 0.307 e. The third kappa shape index (κ3) is 2.49. The number of fused-ring (bicyclic) bond motifs is 1. The quantitative estimate of drug-likeness (QED) is 0.717. The lowest BCUT2D eigenvalue weighted by Crippen LogP contribution is -2.26. The molecule has 0 unspecified atom stereocenters. The number of hydrogen-bond donors (Lipinski definition) is 0. The van der Waals surface area contributed by atoms with Gasteiger partial charge >= 0.3 is 0 Å². The van der Waals surface area contributed by atoms with Gasteiger partial charge in [-0.2, -0.15) is 0 Å². The van der Waals surface area contributed by atoms with E-state index in [0.29, 0.717) is 18.0 Å². The first-order valence-corrected chi connectivity index (χ1v) is 7.43.